The summed E-state index contributed by atoms with van der Waals surface area (Å²) in [5.74, 6) is 0.505. The van der Waals surface area contributed by atoms with E-state index >= 15 is 0 Å². The summed E-state index contributed by atoms with van der Waals surface area (Å²) in [7, 11) is 3.24. The average Bonchev–Trinajstić information content (AvgIpc) is 2.80. The Morgan fingerprint density at radius 2 is 1.53 bits per heavy atom. The maximum atomic E-state index is 7.04. The summed E-state index contributed by atoms with van der Waals surface area (Å²) in [5, 5.41) is 25.8. The van der Waals surface area contributed by atoms with Crippen molar-refractivity contribution in [2.24, 2.45) is 19.3 Å². The highest BCUT2D eigenvalue weighted by Crippen LogP contribution is 2.17. The van der Waals surface area contributed by atoms with Crippen LogP contribution in [0.2, 0.25) is 0 Å². The fraction of sp³-hybridized carbons (Fsp3) is 0.500. The van der Waals surface area contributed by atoms with Crippen LogP contribution >= 0.6 is 0 Å². The quantitative estimate of drug-likeness (QED) is 0.497. The van der Waals surface area contributed by atoms with Crippen molar-refractivity contribution in [2.45, 2.75) is 0 Å². The molecular formula is C4H7N11. The number of hydrogen-bond acceptors (Lipinski definition) is 8. The van der Waals surface area contributed by atoms with Gasteiger partial charge in [-0.15, -0.1) is 5.01 Å². The molecule has 1 N–H and O–H groups in total. The minimum Gasteiger partial charge on any atom is -0.213 e. The molecule has 15 heavy (non-hydrogen) atoms. The zero-order valence-electron chi connectivity index (χ0n) is 7.97. The van der Waals surface area contributed by atoms with E-state index in [-0.39, 0.29) is 11.9 Å². The van der Waals surface area contributed by atoms with E-state index in [2.05, 4.69) is 36.3 Å². The number of aromatic nitrogens is 8. The molecule has 2 aromatic rings. The van der Waals surface area contributed by atoms with Gasteiger partial charge in [-0.3, -0.25) is 0 Å². The van der Waals surface area contributed by atoms with Gasteiger partial charge >= 0.3 is 0 Å². The predicted octanol–water partition coefficient (Wildman–Crippen LogP) is -1.18. The highest BCUT2D eigenvalue weighted by atomic mass is 15.7. The van der Waals surface area contributed by atoms with E-state index in [0.29, 0.717) is 0 Å². The molecule has 0 unspecified atom stereocenters. The lowest BCUT2D eigenvalue weighted by Gasteiger charge is -2.10. The molecule has 2 heterocycles. The predicted molar refractivity (Wildman–Crippen MR) is 44.9 cm³/mol. The van der Waals surface area contributed by atoms with Crippen LogP contribution in [0.25, 0.3) is 0 Å². The molecule has 78 valence electrons. The summed E-state index contributed by atoms with van der Waals surface area (Å²) in [6, 6.07) is 0. The van der Waals surface area contributed by atoms with Gasteiger partial charge in [0.25, 0.3) is 11.9 Å². The standard InChI is InChI=1S/C4H7N11/c1-13-3(6-9-11-13)15(8-5)4-7-10-12-14(4)2/h5H,1-2H3. The van der Waals surface area contributed by atoms with Crippen LogP contribution in [0, 0.1) is 5.53 Å². The van der Waals surface area contributed by atoms with Crippen molar-refractivity contribution < 1.29 is 0 Å². The Morgan fingerprint density at radius 1 is 1.07 bits per heavy atom. The SMILES string of the molecule is Cn1nnnc1N(N=N)c1nnnn1C. The molecule has 2 rings (SSSR count). The number of rotatable bonds is 3. The van der Waals surface area contributed by atoms with Gasteiger partial charge in [-0.05, 0) is 20.9 Å². The van der Waals surface area contributed by atoms with E-state index in [4.69, 9.17) is 5.53 Å². The highest BCUT2D eigenvalue weighted by Gasteiger charge is 2.20. The number of aryl methyl sites for hydroxylation is 2. The van der Waals surface area contributed by atoms with Gasteiger partial charge in [-0.25, -0.2) is 9.36 Å². The number of anilines is 2. The van der Waals surface area contributed by atoms with Crippen molar-refractivity contribution in [3.05, 3.63) is 0 Å². The van der Waals surface area contributed by atoms with Gasteiger partial charge in [0.1, 0.15) is 0 Å². The van der Waals surface area contributed by atoms with Gasteiger partial charge in [-0.2, -0.15) is 5.53 Å². The van der Waals surface area contributed by atoms with Crippen molar-refractivity contribution >= 4 is 11.9 Å². The van der Waals surface area contributed by atoms with E-state index in [9.17, 15) is 0 Å². The largest absolute Gasteiger partial charge is 0.274 e. The first-order chi connectivity index (χ1) is 7.24. The smallest absolute Gasteiger partial charge is 0.213 e. The summed E-state index contributed by atoms with van der Waals surface area (Å²) in [6.45, 7) is 0. The van der Waals surface area contributed by atoms with Crippen LogP contribution in [0.3, 0.4) is 0 Å². The molecule has 0 radical (unpaired) electrons. The first-order valence-electron chi connectivity index (χ1n) is 3.86. The van der Waals surface area contributed by atoms with Crippen molar-refractivity contribution in [2.75, 3.05) is 5.01 Å². The van der Waals surface area contributed by atoms with Crippen LogP contribution in [-0.2, 0) is 14.1 Å². The van der Waals surface area contributed by atoms with Gasteiger partial charge in [0.2, 0.25) is 0 Å². The molecule has 0 aliphatic heterocycles. The third-order valence-corrected chi connectivity index (χ3v) is 1.67. The van der Waals surface area contributed by atoms with Crippen LogP contribution in [0.5, 0.6) is 0 Å². The van der Waals surface area contributed by atoms with Crippen molar-refractivity contribution in [1.82, 2.24) is 40.4 Å². The first-order valence-corrected chi connectivity index (χ1v) is 3.86. The summed E-state index contributed by atoms with van der Waals surface area (Å²) in [6.07, 6.45) is 0. The number of nitrogens with zero attached hydrogens (tertiary/aromatic N) is 10. The summed E-state index contributed by atoms with van der Waals surface area (Å²) < 4.78 is 2.71. The van der Waals surface area contributed by atoms with Crippen molar-refractivity contribution in [3.63, 3.8) is 0 Å². The molecule has 11 heteroatoms. The van der Waals surface area contributed by atoms with Gasteiger partial charge in [-0.1, -0.05) is 15.4 Å². The lowest BCUT2D eigenvalue weighted by molar-refractivity contribution is 0.674. The van der Waals surface area contributed by atoms with Crippen LogP contribution in [0.4, 0.5) is 11.9 Å². The molecule has 0 atom stereocenters. The monoisotopic (exact) mass is 209 g/mol. The number of nitrogens with one attached hydrogen (secondary N) is 1. The molecule has 0 aromatic carbocycles. The fourth-order valence-corrected chi connectivity index (χ4v) is 0.987. The lowest BCUT2D eigenvalue weighted by Crippen LogP contribution is -2.17. The van der Waals surface area contributed by atoms with Crippen LogP contribution in [0.1, 0.15) is 0 Å². The molecule has 0 amide bonds. The Morgan fingerprint density at radius 3 is 1.80 bits per heavy atom. The van der Waals surface area contributed by atoms with Gasteiger partial charge in [0.15, 0.2) is 0 Å². The van der Waals surface area contributed by atoms with E-state index in [1.54, 1.807) is 14.1 Å². The highest BCUT2D eigenvalue weighted by molar-refractivity contribution is 5.44. The third-order valence-electron chi connectivity index (χ3n) is 1.67. The summed E-state index contributed by atoms with van der Waals surface area (Å²) >= 11 is 0. The van der Waals surface area contributed by atoms with Crippen molar-refractivity contribution in [3.8, 4) is 0 Å². The average molecular weight is 209 g/mol. The number of tetrazole rings is 2. The Hall–Kier alpha value is -2.46. The second kappa shape index (κ2) is 3.36. The molecule has 0 spiro atoms. The third kappa shape index (κ3) is 1.38. The number of hydrogen-bond donors (Lipinski definition) is 1. The van der Waals surface area contributed by atoms with E-state index in [1.807, 2.05) is 0 Å². The van der Waals surface area contributed by atoms with Crippen LogP contribution in [0.15, 0.2) is 5.22 Å². The zero-order chi connectivity index (χ0) is 10.8. The lowest BCUT2D eigenvalue weighted by atomic mass is 10.8. The van der Waals surface area contributed by atoms with Gasteiger partial charge in [0.05, 0.1) is 0 Å². The van der Waals surface area contributed by atoms with E-state index in [0.717, 1.165) is 5.01 Å². The van der Waals surface area contributed by atoms with Crippen LogP contribution < -0.4 is 5.01 Å². The first kappa shape index (κ1) is 9.11. The molecular weight excluding hydrogens is 202 g/mol. The van der Waals surface area contributed by atoms with Gasteiger partial charge in [0, 0.05) is 14.1 Å². The van der Waals surface area contributed by atoms with E-state index in [1.165, 1.54) is 9.36 Å². The topological polar surface area (TPSA) is 127 Å². The maximum Gasteiger partial charge on any atom is 0.274 e. The fourth-order valence-electron chi connectivity index (χ4n) is 0.987. The maximum absolute atomic E-state index is 7.04. The summed E-state index contributed by atoms with van der Waals surface area (Å²) in [5.41, 5.74) is 7.04. The van der Waals surface area contributed by atoms with Crippen LogP contribution in [-0.4, -0.2) is 40.4 Å². The second-order valence-corrected chi connectivity index (χ2v) is 2.62. The molecule has 11 nitrogen and oxygen atoms in total. The molecule has 0 aliphatic carbocycles. The Kier molecular flexibility index (Phi) is 2.04. The molecule has 2 aromatic heterocycles. The molecule has 0 bridgehead atoms. The van der Waals surface area contributed by atoms with E-state index < -0.39 is 0 Å². The van der Waals surface area contributed by atoms with Crippen molar-refractivity contribution in [1.29, 1.82) is 5.53 Å². The molecule has 0 fully saturated rings. The molecule has 0 aliphatic rings. The molecule has 0 saturated carbocycles. The Labute approximate surface area is 83.2 Å². The minimum absolute atomic E-state index is 0.253. The zero-order valence-corrected chi connectivity index (χ0v) is 7.97. The second-order valence-electron chi connectivity index (χ2n) is 2.62. The normalized spacial score (nSPS) is 10.3. The Balaban J connectivity index is 2.46. The Bertz CT molecular complexity index is 426. The molecule has 0 saturated heterocycles. The van der Waals surface area contributed by atoms with Gasteiger partial charge < -0.3 is 0 Å². The minimum atomic E-state index is 0.253. The summed E-state index contributed by atoms with van der Waals surface area (Å²) in [4.78, 5) is 0.